The lowest BCUT2D eigenvalue weighted by atomic mass is 9.96. The number of halogens is 1. The lowest BCUT2D eigenvalue weighted by Crippen LogP contribution is -2.24. The van der Waals surface area contributed by atoms with Gasteiger partial charge in [-0.3, -0.25) is 4.98 Å². The Kier molecular flexibility index (Phi) is 5.28. The number of nitrogens with one attached hydrogen (secondary N) is 1. The SMILES string of the molecule is CCCNC(c1ccc(F)c(OC)c1)c1cnccc1C. The number of aromatic nitrogens is 1. The Morgan fingerprint density at radius 1 is 1.33 bits per heavy atom. The molecular formula is C17H21FN2O. The van der Waals surface area contributed by atoms with Crippen molar-refractivity contribution in [1.29, 1.82) is 0 Å². The number of ether oxygens (including phenoxy) is 1. The second-order valence-electron chi connectivity index (χ2n) is 5.01. The molecule has 1 atom stereocenters. The number of nitrogens with zero attached hydrogens (tertiary/aromatic N) is 1. The van der Waals surface area contributed by atoms with Crippen molar-refractivity contribution in [2.75, 3.05) is 13.7 Å². The topological polar surface area (TPSA) is 34.1 Å². The first-order valence-corrected chi connectivity index (χ1v) is 7.14. The van der Waals surface area contributed by atoms with E-state index in [-0.39, 0.29) is 17.6 Å². The van der Waals surface area contributed by atoms with Crippen LogP contribution < -0.4 is 10.1 Å². The Bertz CT molecular complexity index is 601. The maximum Gasteiger partial charge on any atom is 0.165 e. The zero-order chi connectivity index (χ0) is 15.2. The molecule has 1 unspecified atom stereocenters. The fraction of sp³-hybridized carbons (Fsp3) is 0.353. The van der Waals surface area contributed by atoms with Gasteiger partial charge in [0, 0.05) is 12.4 Å². The summed E-state index contributed by atoms with van der Waals surface area (Å²) >= 11 is 0. The average Bonchev–Trinajstić information content (AvgIpc) is 2.50. The van der Waals surface area contributed by atoms with E-state index in [9.17, 15) is 4.39 Å². The van der Waals surface area contributed by atoms with E-state index < -0.39 is 0 Å². The number of rotatable bonds is 6. The molecule has 1 aromatic carbocycles. The second-order valence-corrected chi connectivity index (χ2v) is 5.01. The number of hydrogen-bond donors (Lipinski definition) is 1. The Hall–Kier alpha value is -1.94. The van der Waals surface area contributed by atoms with Gasteiger partial charge in [0.05, 0.1) is 13.2 Å². The molecule has 1 aromatic heterocycles. The summed E-state index contributed by atoms with van der Waals surface area (Å²) in [5.74, 6) is -0.0873. The third-order valence-corrected chi connectivity index (χ3v) is 3.50. The molecule has 21 heavy (non-hydrogen) atoms. The molecule has 0 aliphatic heterocycles. The molecule has 0 spiro atoms. The summed E-state index contributed by atoms with van der Waals surface area (Å²) in [5.41, 5.74) is 3.22. The molecule has 0 aliphatic rings. The van der Waals surface area contributed by atoms with Crippen molar-refractivity contribution in [3.8, 4) is 5.75 Å². The van der Waals surface area contributed by atoms with Crippen LogP contribution in [0.15, 0.2) is 36.7 Å². The van der Waals surface area contributed by atoms with Crippen molar-refractivity contribution in [1.82, 2.24) is 10.3 Å². The predicted molar refractivity (Wildman–Crippen MR) is 82.1 cm³/mol. The maximum atomic E-state index is 13.6. The van der Waals surface area contributed by atoms with Gasteiger partial charge >= 0.3 is 0 Å². The third-order valence-electron chi connectivity index (χ3n) is 3.50. The van der Waals surface area contributed by atoms with Gasteiger partial charge in [-0.2, -0.15) is 0 Å². The molecule has 1 heterocycles. The minimum Gasteiger partial charge on any atom is -0.494 e. The molecule has 1 N–H and O–H groups in total. The average molecular weight is 288 g/mol. The predicted octanol–water partition coefficient (Wildman–Crippen LogP) is 3.63. The monoisotopic (exact) mass is 288 g/mol. The van der Waals surface area contributed by atoms with Crippen molar-refractivity contribution < 1.29 is 9.13 Å². The van der Waals surface area contributed by atoms with E-state index in [2.05, 4.69) is 24.1 Å². The van der Waals surface area contributed by atoms with Crippen LogP contribution in [0.25, 0.3) is 0 Å². The van der Waals surface area contributed by atoms with E-state index in [0.29, 0.717) is 0 Å². The standard InChI is InChI=1S/C17H21FN2O/c1-4-8-20-17(14-11-19-9-7-12(14)2)13-5-6-15(18)16(10-13)21-3/h5-7,9-11,17,20H,4,8H2,1-3H3. The van der Waals surface area contributed by atoms with Crippen LogP contribution in [0.2, 0.25) is 0 Å². The highest BCUT2D eigenvalue weighted by Crippen LogP contribution is 2.28. The quantitative estimate of drug-likeness (QED) is 0.881. The number of benzene rings is 1. The fourth-order valence-electron chi connectivity index (χ4n) is 2.33. The zero-order valence-corrected chi connectivity index (χ0v) is 12.7. The zero-order valence-electron chi connectivity index (χ0n) is 12.7. The van der Waals surface area contributed by atoms with Gasteiger partial charge in [-0.1, -0.05) is 13.0 Å². The molecule has 112 valence electrons. The van der Waals surface area contributed by atoms with Crippen LogP contribution in [0.5, 0.6) is 5.75 Å². The molecular weight excluding hydrogens is 267 g/mol. The number of methoxy groups -OCH3 is 1. The van der Waals surface area contributed by atoms with Gasteiger partial charge in [0.15, 0.2) is 11.6 Å². The summed E-state index contributed by atoms with van der Waals surface area (Å²) in [6.07, 6.45) is 4.66. The van der Waals surface area contributed by atoms with Crippen LogP contribution in [0.3, 0.4) is 0 Å². The van der Waals surface area contributed by atoms with Gasteiger partial charge in [-0.15, -0.1) is 0 Å². The van der Waals surface area contributed by atoms with Gasteiger partial charge < -0.3 is 10.1 Å². The molecule has 0 aliphatic carbocycles. The van der Waals surface area contributed by atoms with Crippen molar-refractivity contribution in [2.24, 2.45) is 0 Å². The first-order valence-electron chi connectivity index (χ1n) is 7.14. The van der Waals surface area contributed by atoms with Gasteiger partial charge in [0.1, 0.15) is 0 Å². The Balaban J connectivity index is 2.43. The van der Waals surface area contributed by atoms with Gasteiger partial charge in [-0.25, -0.2) is 4.39 Å². The van der Waals surface area contributed by atoms with Crippen molar-refractivity contribution in [2.45, 2.75) is 26.3 Å². The van der Waals surface area contributed by atoms with E-state index in [4.69, 9.17) is 4.74 Å². The Morgan fingerprint density at radius 3 is 2.81 bits per heavy atom. The summed E-state index contributed by atoms with van der Waals surface area (Å²) in [5, 5.41) is 3.50. The van der Waals surface area contributed by atoms with Gasteiger partial charge in [0.2, 0.25) is 0 Å². The molecule has 3 nitrogen and oxygen atoms in total. The lowest BCUT2D eigenvalue weighted by molar-refractivity contribution is 0.385. The first-order chi connectivity index (χ1) is 10.2. The summed E-state index contributed by atoms with van der Waals surface area (Å²) in [4.78, 5) is 4.21. The summed E-state index contributed by atoms with van der Waals surface area (Å²) < 4.78 is 18.7. The Morgan fingerprint density at radius 2 is 2.14 bits per heavy atom. The molecule has 0 fully saturated rings. The van der Waals surface area contributed by atoms with Crippen molar-refractivity contribution >= 4 is 0 Å². The lowest BCUT2D eigenvalue weighted by Gasteiger charge is -2.21. The second kappa shape index (κ2) is 7.18. The minimum absolute atomic E-state index is 0.0202. The maximum absolute atomic E-state index is 13.6. The highest BCUT2D eigenvalue weighted by molar-refractivity contribution is 5.39. The van der Waals surface area contributed by atoms with Crippen molar-refractivity contribution in [3.63, 3.8) is 0 Å². The van der Waals surface area contributed by atoms with E-state index in [0.717, 1.165) is 29.7 Å². The molecule has 0 radical (unpaired) electrons. The van der Waals surface area contributed by atoms with E-state index in [1.807, 2.05) is 12.3 Å². The van der Waals surface area contributed by atoms with Gasteiger partial charge in [0.25, 0.3) is 0 Å². The van der Waals surface area contributed by atoms with Crippen LogP contribution in [-0.2, 0) is 0 Å². The van der Waals surface area contributed by atoms with Crippen LogP contribution in [0, 0.1) is 12.7 Å². The number of pyridine rings is 1. The van der Waals surface area contributed by atoms with Crippen LogP contribution in [0.4, 0.5) is 4.39 Å². The van der Waals surface area contributed by atoms with Crippen molar-refractivity contribution in [3.05, 3.63) is 59.2 Å². The van der Waals surface area contributed by atoms with E-state index in [1.54, 1.807) is 18.3 Å². The number of hydrogen-bond acceptors (Lipinski definition) is 3. The van der Waals surface area contributed by atoms with E-state index >= 15 is 0 Å². The highest BCUT2D eigenvalue weighted by Gasteiger charge is 2.17. The Labute approximate surface area is 125 Å². The van der Waals surface area contributed by atoms with Crippen LogP contribution >= 0.6 is 0 Å². The smallest absolute Gasteiger partial charge is 0.165 e. The molecule has 2 rings (SSSR count). The summed E-state index contributed by atoms with van der Waals surface area (Å²) in [6.45, 7) is 5.04. The first kappa shape index (κ1) is 15.4. The number of aryl methyl sites for hydroxylation is 1. The third kappa shape index (κ3) is 3.58. The summed E-state index contributed by atoms with van der Waals surface area (Å²) in [6, 6.07) is 6.94. The highest BCUT2D eigenvalue weighted by atomic mass is 19.1. The van der Waals surface area contributed by atoms with Crippen LogP contribution in [0.1, 0.15) is 36.1 Å². The minimum atomic E-state index is -0.349. The molecule has 0 bridgehead atoms. The molecule has 4 heteroatoms. The largest absolute Gasteiger partial charge is 0.494 e. The summed E-state index contributed by atoms with van der Waals surface area (Å²) in [7, 11) is 1.48. The molecule has 0 saturated carbocycles. The normalized spacial score (nSPS) is 12.2. The fourth-order valence-corrected chi connectivity index (χ4v) is 2.33. The van der Waals surface area contributed by atoms with E-state index in [1.165, 1.54) is 13.2 Å². The van der Waals surface area contributed by atoms with Crippen LogP contribution in [-0.4, -0.2) is 18.6 Å². The van der Waals surface area contributed by atoms with Gasteiger partial charge in [-0.05, 0) is 54.8 Å². The molecule has 0 saturated heterocycles. The molecule has 0 amide bonds. The molecule has 2 aromatic rings.